The first kappa shape index (κ1) is 16.5. The number of hydrogen-bond donors (Lipinski definition) is 0. The monoisotopic (exact) mass is 356 g/mol. The Morgan fingerprint density at radius 2 is 1.25 bits per heavy atom. The van der Waals surface area contributed by atoms with Crippen molar-refractivity contribution in [3.05, 3.63) is 0 Å². The Labute approximate surface area is 86.3 Å². The second kappa shape index (κ2) is 8.93. The van der Waals surface area contributed by atoms with Gasteiger partial charge in [-0.1, -0.05) is 0 Å². The van der Waals surface area contributed by atoms with Gasteiger partial charge in [0.15, 0.2) is 0 Å². The Balaban J connectivity index is -0.0000000750. The van der Waals surface area contributed by atoms with Crippen molar-refractivity contribution in [1.29, 1.82) is 0 Å². The summed E-state index contributed by atoms with van der Waals surface area (Å²) in [6, 6.07) is 0. The molecule has 0 atom stereocenters. The van der Waals surface area contributed by atoms with E-state index in [1.54, 1.807) is 0 Å². The van der Waals surface area contributed by atoms with Gasteiger partial charge in [0, 0.05) is 10.4 Å². The zero-order chi connectivity index (χ0) is 6.50. The van der Waals surface area contributed by atoms with E-state index in [2.05, 4.69) is 8.65 Å². The molecule has 8 heavy (non-hydrogen) atoms. The fraction of sp³-hybridized carbons (Fsp3) is 0. The summed E-state index contributed by atoms with van der Waals surface area (Å²) in [6.45, 7) is 0. The van der Waals surface area contributed by atoms with Crippen molar-refractivity contribution in [1.82, 2.24) is 0 Å². The van der Waals surface area contributed by atoms with Gasteiger partial charge in [-0.15, -0.1) is 0 Å². The first-order valence-corrected chi connectivity index (χ1v) is 7.81. The first-order chi connectivity index (χ1) is 3.00. The molecule has 0 bridgehead atoms. The van der Waals surface area contributed by atoms with Gasteiger partial charge >= 0.3 is 59.6 Å². The van der Waals surface area contributed by atoms with Crippen LogP contribution in [0.2, 0.25) is 0 Å². The van der Waals surface area contributed by atoms with Crippen molar-refractivity contribution >= 4 is 19.0 Å². The van der Waals surface area contributed by atoms with E-state index in [-0.39, 0.29) is 27.3 Å². The molecule has 0 saturated heterocycles. The van der Waals surface area contributed by atoms with Gasteiger partial charge in [0.05, 0.1) is 0 Å². The predicted molar refractivity (Wildman–Crippen MR) is 18.1 cm³/mol. The van der Waals surface area contributed by atoms with Gasteiger partial charge in [0.2, 0.25) is 0 Å². The molecule has 0 aliphatic carbocycles. The zero-order valence-electron chi connectivity index (χ0n) is 3.86. The van der Waals surface area contributed by atoms with Crippen molar-refractivity contribution in [2.24, 2.45) is 0 Å². The predicted octanol–water partition coefficient (Wildman–Crippen LogP) is -0.695. The summed E-state index contributed by atoms with van der Waals surface area (Å²) in [7, 11) is -0.913. The van der Waals surface area contributed by atoms with Gasteiger partial charge in [0.1, 0.15) is 0 Å². The minimum absolute atomic E-state index is 0. The minimum atomic E-state index is -5.17. The third-order valence-electron chi connectivity index (χ3n) is 0. The van der Waals surface area contributed by atoms with E-state index < -0.39 is 10.4 Å². The summed E-state index contributed by atoms with van der Waals surface area (Å²) in [5, 5.41) is 0. The summed E-state index contributed by atoms with van der Waals surface area (Å²) < 4.78 is 34.1. The van der Waals surface area contributed by atoms with Crippen molar-refractivity contribution in [2.45, 2.75) is 0 Å². The second-order valence-electron chi connectivity index (χ2n) is 0.408. The van der Waals surface area contributed by atoms with Gasteiger partial charge < -0.3 is 9.11 Å². The molecular formula is Cd2O4S2. The molecule has 0 heterocycles. The van der Waals surface area contributed by atoms with Gasteiger partial charge in [0.25, 0.3) is 0 Å². The van der Waals surface area contributed by atoms with E-state index in [1.165, 1.54) is 0 Å². The summed E-state index contributed by atoms with van der Waals surface area (Å²) >= 11 is 0.733. The SMILES string of the molecule is O=S(=O)([O-])[O-].[Cd+2].[S]=[Cd]. The molecule has 0 aromatic heterocycles. The normalized spacial score (nSPS) is 8.00. The van der Waals surface area contributed by atoms with E-state index in [0.717, 1.165) is 23.7 Å². The average Bonchev–Trinajstić information content (AvgIpc) is 1.36. The zero-order valence-corrected chi connectivity index (χ0v) is 13.6. The van der Waals surface area contributed by atoms with Crippen LogP contribution in [0.4, 0.5) is 0 Å². The van der Waals surface area contributed by atoms with Crippen molar-refractivity contribution in [3.63, 3.8) is 0 Å². The van der Waals surface area contributed by atoms with Crippen LogP contribution in [0.1, 0.15) is 0 Å². The molecule has 4 nitrogen and oxygen atoms in total. The third-order valence-corrected chi connectivity index (χ3v) is 0. The van der Waals surface area contributed by atoms with Crippen LogP contribution in [-0.2, 0) is 61.4 Å². The molecule has 0 amide bonds. The second-order valence-corrected chi connectivity index (χ2v) is 1.22. The molecule has 0 radical (unpaired) electrons. The van der Waals surface area contributed by atoms with Crippen molar-refractivity contribution in [3.8, 4) is 0 Å². The Morgan fingerprint density at radius 3 is 1.25 bits per heavy atom. The molecule has 0 aliphatic rings. The van der Waals surface area contributed by atoms with E-state index in [1.807, 2.05) is 0 Å². The first-order valence-electron chi connectivity index (χ1n) is 0.955. The summed E-state index contributed by atoms with van der Waals surface area (Å²) in [6.07, 6.45) is 0. The van der Waals surface area contributed by atoms with Crippen LogP contribution in [0.5, 0.6) is 0 Å². The van der Waals surface area contributed by atoms with Gasteiger partial charge in [-0.05, 0) is 0 Å². The van der Waals surface area contributed by atoms with Crippen LogP contribution in [0.25, 0.3) is 0 Å². The average molecular weight is 353 g/mol. The topological polar surface area (TPSA) is 80.3 Å². The molecule has 0 saturated carbocycles. The van der Waals surface area contributed by atoms with Gasteiger partial charge in [-0.3, -0.25) is 8.42 Å². The van der Waals surface area contributed by atoms with Crippen LogP contribution >= 0.6 is 8.65 Å². The molecule has 0 aromatic carbocycles. The fourth-order valence-corrected chi connectivity index (χ4v) is 0. The van der Waals surface area contributed by atoms with Crippen LogP contribution < -0.4 is 0 Å². The molecule has 0 aliphatic heterocycles. The number of hydrogen-bond acceptors (Lipinski definition) is 5. The Bertz CT molecular complexity index is 106. The van der Waals surface area contributed by atoms with Gasteiger partial charge in [-0.25, -0.2) is 0 Å². The quantitative estimate of drug-likeness (QED) is 0.327. The van der Waals surface area contributed by atoms with Crippen LogP contribution in [-0.4, -0.2) is 17.5 Å². The fourth-order valence-electron chi connectivity index (χ4n) is 0. The maximum atomic E-state index is 8.52. The Morgan fingerprint density at radius 1 is 1.25 bits per heavy atom. The summed E-state index contributed by atoms with van der Waals surface area (Å²) in [4.78, 5) is 0. The molecule has 0 fully saturated rings. The summed E-state index contributed by atoms with van der Waals surface area (Å²) in [5.41, 5.74) is 0. The molecule has 0 rings (SSSR count). The van der Waals surface area contributed by atoms with E-state index >= 15 is 0 Å². The van der Waals surface area contributed by atoms with Gasteiger partial charge in [-0.2, -0.15) is 0 Å². The van der Waals surface area contributed by atoms with Crippen molar-refractivity contribution < 1.29 is 68.5 Å². The van der Waals surface area contributed by atoms with Crippen LogP contribution in [0.15, 0.2) is 0 Å². The third kappa shape index (κ3) is 102. The standard InChI is InChI=1S/2Cd.H2O4S.S/c;;1-5(2,3)4;/h;;(H2,1,2,3,4);/q;+2;;/p-2. The molecular weight excluding hydrogens is 353 g/mol. The van der Waals surface area contributed by atoms with Crippen molar-refractivity contribution in [2.75, 3.05) is 0 Å². The molecule has 8 heteroatoms. The van der Waals surface area contributed by atoms with E-state index in [0.29, 0.717) is 0 Å². The number of rotatable bonds is 0. The maximum absolute atomic E-state index is 8.52. The Kier molecular flexibility index (Phi) is 18.4. The molecule has 40 valence electrons. The van der Waals surface area contributed by atoms with Crippen LogP contribution in [0.3, 0.4) is 0 Å². The molecule has 0 aromatic rings. The Hall–Kier alpha value is 1.93. The molecule has 0 unspecified atom stereocenters. The van der Waals surface area contributed by atoms with E-state index in [4.69, 9.17) is 17.5 Å². The van der Waals surface area contributed by atoms with E-state index in [9.17, 15) is 0 Å². The summed E-state index contributed by atoms with van der Waals surface area (Å²) in [5.74, 6) is 0. The van der Waals surface area contributed by atoms with Crippen LogP contribution in [0, 0.1) is 0 Å². The molecule has 0 spiro atoms. The molecule has 0 N–H and O–H groups in total.